The Hall–Kier alpha value is -1.43. The molecule has 0 spiro atoms. The Kier molecular flexibility index (Phi) is 5.11. The third-order valence-corrected chi connectivity index (χ3v) is 3.74. The number of carbonyl (C=O) groups excluding carboxylic acids is 1. The molecule has 6 nitrogen and oxygen atoms in total. The molecule has 2 rings (SSSR count). The van der Waals surface area contributed by atoms with E-state index in [0.717, 1.165) is 12.8 Å². The second kappa shape index (κ2) is 6.83. The number of ether oxygens (including phenoxy) is 1. The molecule has 1 amide bonds. The van der Waals surface area contributed by atoms with Crippen LogP contribution in [0.5, 0.6) is 0 Å². The highest BCUT2D eigenvalue weighted by Gasteiger charge is 2.26. The molecule has 6 heteroatoms. The molecule has 1 aliphatic carbocycles. The van der Waals surface area contributed by atoms with Gasteiger partial charge in [0.15, 0.2) is 0 Å². The average molecular weight is 280 g/mol. The average Bonchev–Trinajstić information content (AvgIpc) is 2.81. The molecular weight excluding hydrogens is 256 g/mol. The molecule has 1 heterocycles. The third-order valence-electron chi connectivity index (χ3n) is 3.74. The molecule has 112 valence electrons. The number of rotatable bonds is 5. The third kappa shape index (κ3) is 4.03. The van der Waals surface area contributed by atoms with Gasteiger partial charge in [-0.2, -0.15) is 4.98 Å². The van der Waals surface area contributed by atoms with Gasteiger partial charge in [0, 0.05) is 0 Å². The van der Waals surface area contributed by atoms with Crippen LogP contribution in [0.1, 0.15) is 51.8 Å². The fourth-order valence-electron chi connectivity index (χ4n) is 2.67. The number of nitrogens with zero attached hydrogens (tertiary/aromatic N) is 2. The van der Waals surface area contributed by atoms with E-state index < -0.39 is 6.10 Å². The number of aromatic amines is 1. The van der Waals surface area contributed by atoms with Crippen LogP contribution in [0.4, 0.5) is 5.95 Å². The van der Waals surface area contributed by atoms with E-state index in [2.05, 4.69) is 27.4 Å². The summed E-state index contributed by atoms with van der Waals surface area (Å²) >= 11 is 0. The number of anilines is 1. The van der Waals surface area contributed by atoms with E-state index >= 15 is 0 Å². The Morgan fingerprint density at radius 2 is 2.35 bits per heavy atom. The number of aryl methyl sites for hydroxylation is 1. The number of carbonyl (C=O) groups is 1. The van der Waals surface area contributed by atoms with Crippen molar-refractivity contribution in [1.29, 1.82) is 0 Å². The topological polar surface area (TPSA) is 79.9 Å². The zero-order valence-electron chi connectivity index (χ0n) is 12.5. The number of aromatic nitrogens is 3. The quantitative estimate of drug-likeness (QED) is 0.868. The van der Waals surface area contributed by atoms with E-state index in [-0.39, 0.29) is 12.0 Å². The van der Waals surface area contributed by atoms with E-state index in [1.54, 1.807) is 6.92 Å². The summed E-state index contributed by atoms with van der Waals surface area (Å²) in [7, 11) is 0. The Morgan fingerprint density at radius 1 is 1.55 bits per heavy atom. The van der Waals surface area contributed by atoms with Gasteiger partial charge < -0.3 is 4.74 Å². The molecular formula is C14H24N4O2. The van der Waals surface area contributed by atoms with Gasteiger partial charge in [-0.25, -0.2) is 0 Å². The second-order valence-electron chi connectivity index (χ2n) is 5.66. The smallest absolute Gasteiger partial charge is 0.255 e. The first-order chi connectivity index (χ1) is 9.58. The van der Waals surface area contributed by atoms with Crippen molar-refractivity contribution < 1.29 is 9.53 Å². The van der Waals surface area contributed by atoms with Crippen molar-refractivity contribution in [3.05, 3.63) is 5.82 Å². The number of H-pyrrole nitrogens is 1. The first kappa shape index (κ1) is 15.0. The van der Waals surface area contributed by atoms with Crippen LogP contribution >= 0.6 is 0 Å². The lowest BCUT2D eigenvalue weighted by Crippen LogP contribution is -2.35. The zero-order chi connectivity index (χ0) is 14.5. The van der Waals surface area contributed by atoms with Crippen molar-refractivity contribution in [1.82, 2.24) is 15.2 Å². The zero-order valence-corrected chi connectivity index (χ0v) is 12.5. The maximum atomic E-state index is 12.2. The van der Waals surface area contributed by atoms with Crippen LogP contribution in [0, 0.1) is 12.8 Å². The van der Waals surface area contributed by atoms with Gasteiger partial charge in [-0.05, 0) is 32.1 Å². The van der Waals surface area contributed by atoms with Crippen LogP contribution in [0.15, 0.2) is 0 Å². The Balaban J connectivity index is 1.88. The van der Waals surface area contributed by atoms with Gasteiger partial charge in [0.05, 0.1) is 6.10 Å². The normalized spacial score (nSPS) is 24.4. The first-order valence-electron chi connectivity index (χ1n) is 7.43. The predicted octanol–water partition coefficient (Wildman–Crippen LogP) is 2.43. The number of nitrogens with one attached hydrogen (secondary N) is 2. The van der Waals surface area contributed by atoms with Gasteiger partial charge in [0.2, 0.25) is 5.95 Å². The fraction of sp³-hybridized carbons (Fsp3) is 0.786. The maximum Gasteiger partial charge on any atom is 0.255 e. The minimum atomic E-state index is -0.427. The van der Waals surface area contributed by atoms with Crippen molar-refractivity contribution in [3.63, 3.8) is 0 Å². The summed E-state index contributed by atoms with van der Waals surface area (Å²) in [6.45, 7) is 5.99. The summed E-state index contributed by atoms with van der Waals surface area (Å²) < 4.78 is 5.97. The summed E-state index contributed by atoms with van der Waals surface area (Å²) in [6, 6.07) is 0. The largest absolute Gasteiger partial charge is 0.365 e. The van der Waals surface area contributed by atoms with Crippen LogP contribution in [-0.2, 0) is 9.53 Å². The van der Waals surface area contributed by atoms with E-state index in [9.17, 15) is 4.79 Å². The van der Waals surface area contributed by atoms with Gasteiger partial charge in [0.1, 0.15) is 11.9 Å². The van der Waals surface area contributed by atoms with Crippen LogP contribution in [0.3, 0.4) is 0 Å². The van der Waals surface area contributed by atoms with Crippen molar-refractivity contribution in [3.8, 4) is 0 Å². The molecule has 1 fully saturated rings. The Bertz CT molecular complexity index is 446. The van der Waals surface area contributed by atoms with Crippen LogP contribution in [0.25, 0.3) is 0 Å². The molecule has 0 aliphatic heterocycles. The van der Waals surface area contributed by atoms with E-state index in [1.807, 2.05) is 6.92 Å². The van der Waals surface area contributed by atoms with Crippen LogP contribution < -0.4 is 5.32 Å². The Labute approximate surface area is 119 Å². The summed E-state index contributed by atoms with van der Waals surface area (Å²) in [4.78, 5) is 16.3. The van der Waals surface area contributed by atoms with Crippen molar-refractivity contribution in [2.75, 3.05) is 5.32 Å². The monoisotopic (exact) mass is 280 g/mol. The highest BCUT2D eigenvalue weighted by molar-refractivity contribution is 5.92. The van der Waals surface area contributed by atoms with Gasteiger partial charge in [-0.1, -0.05) is 26.7 Å². The molecule has 0 aromatic carbocycles. The number of amides is 1. The lowest BCUT2D eigenvalue weighted by Gasteiger charge is -2.29. The lowest BCUT2D eigenvalue weighted by atomic mass is 9.88. The van der Waals surface area contributed by atoms with E-state index in [0.29, 0.717) is 24.1 Å². The molecule has 3 atom stereocenters. The highest BCUT2D eigenvalue weighted by Crippen LogP contribution is 2.27. The highest BCUT2D eigenvalue weighted by atomic mass is 16.5. The molecule has 1 aromatic heterocycles. The van der Waals surface area contributed by atoms with E-state index in [1.165, 1.54) is 12.8 Å². The summed E-state index contributed by atoms with van der Waals surface area (Å²) in [5.41, 5.74) is 0. The summed E-state index contributed by atoms with van der Waals surface area (Å²) in [5, 5.41) is 9.31. The molecule has 0 saturated heterocycles. The lowest BCUT2D eigenvalue weighted by molar-refractivity contribution is -0.133. The molecule has 1 saturated carbocycles. The number of hydrogen-bond acceptors (Lipinski definition) is 4. The molecule has 20 heavy (non-hydrogen) atoms. The number of hydrogen-bond donors (Lipinski definition) is 2. The predicted molar refractivity (Wildman–Crippen MR) is 76.3 cm³/mol. The fourth-order valence-corrected chi connectivity index (χ4v) is 2.67. The van der Waals surface area contributed by atoms with Gasteiger partial charge in [0.25, 0.3) is 5.91 Å². The van der Waals surface area contributed by atoms with Gasteiger partial charge in [-0.15, -0.1) is 5.10 Å². The molecule has 1 aromatic rings. The van der Waals surface area contributed by atoms with Crippen molar-refractivity contribution in [2.45, 2.75) is 65.1 Å². The molecule has 2 N–H and O–H groups in total. The summed E-state index contributed by atoms with van der Waals surface area (Å²) in [5.74, 6) is 1.51. The maximum absolute atomic E-state index is 12.2. The molecule has 0 unspecified atom stereocenters. The van der Waals surface area contributed by atoms with Gasteiger partial charge in [-0.3, -0.25) is 15.2 Å². The van der Waals surface area contributed by atoms with Crippen molar-refractivity contribution >= 4 is 11.9 Å². The van der Waals surface area contributed by atoms with Crippen molar-refractivity contribution in [2.24, 2.45) is 5.92 Å². The van der Waals surface area contributed by atoms with Gasteiger partial charge >= 0.3 is 0 Å². The Morgan fingerprint density at radius 3 is 2.95 bits per heavy atom. The minimum Gasteiger partial charge on any atom is -0.365 e. The van der Waals surface area contributed by atoms with Crippen LogP contribution in [-0.4, -0.2) is 33.3 Å². The standard InChI is InChI=1S/C14H24N4O2/c1-4-12(20-11-7-5-6-9(2)8-11)13(19)16-14-15-10(3)17-18-14/h9,11-12H,4-8H2,1-3H3,(H2,15,16,17,18,19)/t9-,11+,12-/m0/s1. The summed E-state index contributed by atoms with van der Waals surface area (Å²) in [6.07, 6.45) is 4.97. The minimum absolute atomic E-state index is 0.162. The first-order valence-corrected chi connectivity index (χ1v) is 7.43. The molecule has 0 bridgehead atoms. The van der Waals surface area contributed by atoms with E-state index in [4.69, 9.17) is 4.74 Å². The van der Waals surface area contributed by atoms with Crippen LogP contribution in [0.2, 0.25) is 0 Å². The SMILES string of the molecule is CC[C@H](O[C@@H]1CCC[C@H](C)C1)C(=O)Nc1n[nH]c(C)n1. The molecule has 0 radical (unpaired) electrons. The molecule has 1 aliphatic rings. The second-order valence-corrected chi connectivity index (χ2v) is 5.66.